The van der Waals surface area contributed by atoms with Gasteiger partial charge in [0.25, 0.3) is 5.69 Å². The van der Waals surface area contributed by atoms with Gasteiger partial charge in [0.15, 0.2) is 0 Å². The van der Waals surface area contributed by atoms with Crippen molar-refractivity contribution in [2.24, 2.45) is 0 Å². The summed E-state index contributed by atoms with van der Waals surface area (Å²) in [4.78, 5) is 14.3. The number of nitro groups is 1. The Labute approximate surface area is 121 Å². The fourth-order valence-electron chi connectivity index (χ4n) is 1.74. The molecule has 0 saturated carbocycles. The average Bonchev–Trinajstić information content (AvgIpc) is 2.39. The highest BCUT2D eigenvalue weighted by Gasteiger charge is 2.10. The summed E-state index contributed by atoms with van der Waals surface area (Å²) in [5.41, 5.74) is 6.18. The van der Waals surface area contributed by atoms with E-state index in [-0.39, 0.29) is 17.6 Å². The summed E-state index contributed by atoms with van der Waals surface area (Å²) in [5.74, 6) is 1.16. The topological polar surface area (TPSA) is 103 Å². The van der Waals surface area contributed by atoms with Crippen LogP contribution in [-0.2, 0) is 0 Å². The summed E-state index contributed by atoms with van der Waals surface area (Å²) in [7, 11) is 0. The van der Waals surface area contributed by atoms with Gasteiger partial charge in [0, 0.05) is 5.69 Å². The van der Waals surface area contributed by atoms with Gasteiger partial charge < -0.3 is 15.8 Å². The zero-order valence-electron chi connectivity index (χ0n) is 11.7. The third kappa shape index (κ3) is 4.07. The second-order valence-electron chi connectivity index (χ2n) is 4.71. The third-order valence-corrected chi connectivity index (χ3v) is 2.54. The van der Waals surface area contributed by atoms with Crippen LogP contribution < -0.4 is 15.8 Å². The third-order valence-electron chi connectivity index (χ3n) is 2.54. The molecule has 2 aromatic rings. The van der Waals surface area contributed by atoms with Crippen LogP contribution in [0.4, 0.5) is 23.0 Å². The molecule has 0 fully saturated rings. The van der Waals surface area contributed by atoms with Crippen LogP contribution in [-0.4, -0.2) is 16.0 Å². The molecule has 21 heavy (non-hydrogen) atoms. The van der Waals surface area contributed by atoms with E-state index < -0.39 is 4.92 Å². The molecule has 1 aromatic carbocycles. The van der Waals surface area contributed by atoms with Crippen molar-refractivity contribution in [1.82, 2.24) is 4.98 Å². The second-order valence-corrected chi connectivity index (χ2v) is 4.71. The number of hydrogen-bond donors (Lipinski definition) is 2. The first kappa shape index (κ1) is 14.6. The number of ether oxygens (including phenoxy) is 1. The molecule has 1 heterocycles. The molecular weight excluding hydrogens is 272 g/mol. The minimum absolute atomic E-state index is 0.0893. The zero-order chi connectivity index (χ0) is 15.4. The van der Waals surface area contributed by atoms with Crippen molar-refractivity contribution in [2.45, 2.75) is 20.0 Å². The lowest BCUT2D eigenvalue weighted by Crippen LogP contribution is -2.05. The maximum absolute atomic E-state index is 10.8. The normalized spacial score (nSPS) is 10.4. The van der Waals surface area contributed by atoms with Gasteiger partial charge in [-0.2, -0.15) is 0 Å². The molecule has 0 bridgehead atoms. The number of anilines is 3. The van der Waals surface area contributed by atoms with Gasteiger partial charge in [0.1, 0.15) is 17.4 Å². The maximum Gasteiger partial charge on any atom is 0.276 e. The largest absolute Gasteiger partial charge is 0.491 e. The fraction of sp³-hybridized carbons (Fsp3) is 0.214. The number of nitrogen functional groups attached to an aromatic ring is 1. The van der Waals surface area contributed by atoms with Crippen LogP contribution in [0.2, 0.25) is 0 Å². The van der Waals surface area contributed by atoms with Crippen molar-refractivity contribution in [3.63, 3.8) is 0 Å². The highest BCUT2D eigenvalue weighted by molar-refractivity contribution is 5.61. The Kier molecular flexibility index (Phi) is 4.22. The molecule has 7 nitrogen and oxygen atoms in total. The number of rotatable bonds is 5. The van der Waals surface area contributed by atoms with Crippen molar-refractivity contribution in [3.05, 3.63) is 46.5 Å². The van der Waals surface area contributed by atoms with E-state index in [1.165, 1.54) is 12.1 Å². The zero-order valence-corrected chi connectivity index (χ0v) is 11.7. The quantitative estimate of drug-likeness (QED) is 0.647. The molecule has 0 aliphatic heterocycles. The summed E-state index contributed by atoms with van der Waals surface area (Å²) in [6, 6.07) is 9.76. The fourth-order valence-corrected chi connectivity index (χ4v) is 1.74. The summed E-state index contributed by atoms with van der Waals surface area (Å²) < 4.78 is 5.54. The van der Waals surface area contributed by atoms with Crippen LogP contribution in [0.3, 0.4) is 0 Å². The summed E-state index contributed by atoms with van der Waals surface area (Å²) in [6.07, 6.45) is 0.0991. The van der Waals surface area contributed by atoms with E-state index in [9.17, 15) is 10.1 Å². The number of benzene rings is 1. The Morgan fingerprint density at radius 1 is 1.29 bits per heavy atom. The Balaban J connectivity index is 2.16. The lowest BCUT2D eigenvalue weighted by atomic mass is 10.3. The molecule has 0 atom stereocenters. The first-order valence-electron chi connectivity index (χ1n) is 6.40. The van der Waals surface area contributed by atoms with Crippen molar-refractivity contribution in [2.75, 3.05) is 11.1 Å². The molecular formula is C14H16N4O3. The van der Waals surface area contributed by atoms with Gasteiger partial charge in [0.2, 0.25) is 0 Å². The van der Waals surface area contributed by atoms with Crippen LogP contribution in [0.5, 0.6) is 5.75 Å². The Morgan fingerprint density at radius 3 is 2.52 bits per heavy atom. The number of nitrogens with one attached hydrogen (secondary N) is 1. The molecule has 1 aromatic heterocycles. The predicted molar refractivity (Wildman–Crippen MR) is 80.8 cm³/mol. The Morgan fingerprint density at radius 2 is 1.95 bits per heavy atom. The molecule has 0 amide bonds. The van der Waals surface area contributed by atoms with Gasteiger partial charge in [-0.15, -0.1) is 0 Å². The monoisotopic (exact) mass is 288 g/mol. The summed E-state index contributed by atoms with van der Waals surface area (Å²) in [5, 5.41) is 13.8. The molecule has 0 aliphatic carbocycles. The summed E-state index contributed by atoms with van der Waals surface area (Å²) in [6.45, 7) is 3.89. The molecule has 0 saturated heterocycles. The van der Waals surface area contributed by atoms with E-state index in [1.807, 2.05) is 26.0 Å². The molecule has 0 radical (unpaired) electrons. The van der Waals surface area contributed by atoms with Crippen molar-refractivity contribution >= 4 is 23.0 Å². The van der Waals surface area contributed by atoms with Gasteiger partial charge in [-0.25, -0.2) is 4.98 Å². The maximum atomic E-state index is 10.8. The van der Waals surface area contributed by atoms with Gasteiger partial charge in [-0.05, 0) is 38.1 Å². The molecule has 0 unspecified atom stereocenters. The van der Waals surface area contributed by atoms with Crippen molar-refractivity contribution in [3.8, 4) is 5.75 Å². The number of hydrogen-bond acceptors (Lipinski definition) is 6. The van der Waals surface area contributed by atoms with E-state index in [2.05, 4.69) is 10.3 Å². The van der Waals surface area contributed by atoms with E-state index in [0.717, 1.165) is 11.4 Å². The van der Waals surface area contributed by atoms with Gasteiger partial charge >= 0.3 is 0 Å². The lowest BCUT2D eigenvalue weighted by molar-refractivity contribution is -0.384. The van der Waals surface area contributed by atoms with Gasteiger partial charge in [-0.3, -0.25) is 10.1 Å². The van der Waals surface area contributed by atoms with E-state index >= 15 is 0 Å². The number of aromatic nitrogens is 1. The smallest absolute Gasteiger partial charge is 0.276 e. The molecule has 110 valence electrons. The number of pyridine rings is 1. The van der Waals surface area contributed by atoms with Gasteiger partial charge in [0.05, 0.1) is 23.2 Å². The lowest BCUT2D eigenvalue weighted by Gasteiger charge is -2.11. The minimum atomic E-state index is -0.511. The number of nitrogens with zero attached hydrogens (tertiary/aromatic N) is 2. The van der Waals surface area contributed by atoms with E-state index in [4.69, 9.17) is 10.5 Å². The Hall–Kier alpha value is -2.83. The molecule has 2 rings (SSSR count). The first-order valence-corrected chi connectivity index (χ1v) is 6.40. The van der Waals surface area contributed by atoms with Crippen molar-refractivity contribution < 1.29 is 9.66 Å². The van der Waals surface area contributed by atoms with E-state index in [1.54, 1.807) is 12.1 Å². The first-order chi connectivity index (χ1) is 9.94. The van der Waals surface area contributed by atoms with Crippen molar-refractivity contribution in [1.29, 1.82) is 0 Å². The SMILES string of the molecule is CC(C)Oc1ccc(Nc2cc([N+](=O)[O-])cc(N)n2)cc1. The van der Waals surface area contributed by atoms with Crippen LogP contribution in [0.1, 0.15) is 13.8 Å². The highest BCUT2D eigenvalue weighted by atomic mass is 16.6. The van der Waals surface area contributed by atoms with Gasteiger partial charge in [-0.1, -0.05) is 0 Å². The van der Waals surface area contributed by atoms with Crippen LogP contribution in [0.25, 0.3) is 0 Å². The molecule has 0 aliphatic rings. The van der Waals surface area contributed by atoms with E-state index in [0.29, 0.717) is 5.82 Å². The predicted octanol–water partition coefficient (Wildman–Crippen LogP) is 3.10. The minimum Gasteiger partial charge on any atom is -0.491 e. The van der Waals surface area contributed by atoms with Crippen LogP contribution >= 0.6 is 0 Å². The standard InChI is InChI=1S/C14H16N4O3/c1-9(2)21-12-5-3-10(4-6-12)16-14-8-11(18(19)20)7-13(15)17-14/h3-9H,1-2H3,(H3,15,16,17). The molecule has 3 N–H and O–H groups in total. The van der Waals surface area contributed by atoms with Crippen LogP contribution in [0, 0.1) is 10.1 Å². The second kappa shape index (κ2) is 6.08. The molecule has 7 heteroatoms. The number of nitrogens with two attached hydrogens (primary N) is 1. The Bertz CT molecular complexity index is 641. The average molecular weight is 288 g/mol. The highest BCUT2D eigenvalue weighted by Crippen LogP contribution is 2.23. The van der Waals surface area contributed by atoms with Crippen LogP contribution in [0.15, 0.2) is 36.4 Å². The molecule has 0 spiro atoms. The summed E-state index contributed by atoms with van der Waals surface area (Å²) >= 11 is 0.